The Balaban J connectivity index is 2.51. The molecule has 0 aliphatic heterocycles. The van der Waals surface area contributed by atoms with E-state index in [0.29, 0.717) is 11.8 Å². The lowest BCUT2D eigenvalue weighted by molar-refractivity contribution is -0.151. The molecule has 0 fully saturated rings. The van der Waals surface area contributed by atoms with Gasteiger partial charge in [-0.1, -0.05) is 6.92 Å². The van der Waals surface area contributed by atoms with Crippen LogP contribution in [0.3, 0.4) is 0 Å². The van der Waals surface area contributed by atoms with E-state index in [2.05, 4.69) is 23.6 Å². The lowest BCUT2D eigenvalue weighted by Crippen LogP contribution is -2.42. The van der Waals surface area contributed by atoms with E-state index in [-0.39, 0.29) is 30.3 Å². The van der Waals surface area contributed by atoms with Crippen LogP contribution in [0.5, 0.6) is 0 Å². The summed E-state index contributed by atoms with van der Waals surface area (Å²) in [7, 11) is 0. The Morgan fingerprint density at radius 2 is 1.85 bits per heavy atom. The van der Waals surface area contributed by atoms with E-state index < -0.39 is 41.8 Å². The first kappa shape index (κ1) is 22.3. The lowest BCUT2D eigenvalue weighted by atomic mass is 10.3. The average molecular weight is 405 g/mol. The zero-order valence-electron chi connectivity index (χ0n) is 14.9. The number of hydrogen-bond acceptors (Lipinski definition) is 11. The summed E-state index contributed by atoms with van der Waals surface area (Å²) in [4.78, 5) is 56.8. The maximum Gasteiger partial charge on any atom is 0.519 e. The number of carbonyl (C=O) groups is 4. The Morgan fingerprint density at radius 3 is 2.41 bits per heavy atom. The summed E-state index contributed by atoms with van der Waals surface area (Å²) < 4.78 is 23.5. The van der Waals surface area contributed by atoms with Gasteiger partial charge in [-0.25, -0.2) is 14.4 Å². The molecule has 0 saturated carbocycles. The molecule has 1 atom stereocenters. The molecule has 0 aliphatic rings. The summed E-state index contributed by atoms with van der Waals surface area (Å²) in [6.45, 7) is 3.29. The fourth-order valence-electron chi connectivity index (χ4n) is 1.60. The Kier molecular flexibility index (Phi) is 9.13. The number of esters is 2. The number of amides is 1. The standard InChI is InChI=1S/C15H19NO10S/c1-4-12(18)23-7-24-15(21)27-6-10(16-9(3)17)13(19)22-5-11-8(2)25-14(20)26-11/h10H,4-7H2,1-3H3,(H,16,17)/t10-/m0/s1. The van der Waals surface area contributed by atoms with Crippen molar-refractivity contribution in [3.05, 3.63) is 22.1 Å². The van der Waals surface area contributed by atoms with Gasteiger partial charge in [0, 0.05) is 19.1 Å². The second-order valence-corrected chi connectivity index (χ2v) is 5.94. The van der Waals surface area contributed by atoms with Gasteiger partial charge in [-0.15, -0.1) is 0 Å². The molecule has 0 bridgehead atoms. The number of hydrogen-bond donors (Lipinski definition) is 1. The van der Waals surface area contributed by atoms with Gasteiger partial charge in [0.15, 0.2) is 18.1 Å². The molecule has 150 valence electrons. The maximum atomic E-state index is 12.1. The molecule has 0 saturated heterocycles. The molecular weight excluding hydrogens is 386 g/mol. The molecule has 1 heterocycles. The van der Waals surface area contributed by atoms with Crippen molar-refractivity contribution in [1.29, 1.82) is 0 Å². The number of thioether (sulfide) groups is 1. The SMILES string of the molecule is CCC(=O)OCOC(=O)SC[C@H](NC(C)=O)C(=O)OCc1oc(=O)oc1C. The molecule has 1 aromatic heterocycles. The molecule has 0 spiro atoms. The minimum absolute atomic E-state index is 0.0275. The van der Waals surface area contributed by atoms with Crippen LogP contribution in [0.1, 0.15) is 31.8 Å². The summed E-state index contributed by atoms with van der Waals surface area (Å²) >= 11 is 0.583. The van der Waals surface area contributed by atoms with Crippen LogP contribution in [0.15, 0.2) is 13.6 Å². The van der Waals surface area contributed by atoms with Crippen LogP contribution in [0.2, 0.25) is 0 Å². The van der Waals surface area contributed by atoms with Crippen LogP contribution in [0.4, 0.5) is 4.79 Å². The van der Waals surface area contributed by atoms with Gasteiger partial charge in [-0.2, -0.15) is 0 Å². The first-order valence-electron chi connectivity index (χ1n) is 7.71. The number of ether oxygens (including phenoxy) is 3. The molecular formula is C15H19NO10S. The van der Waals surface area contributed by atoms with Crippen molar-refractivity contribution in [1.82, 2.24) is 5.32 Å². The van der Waals surface area contributed by atoms with Crippen molar-refractivity contribution in [2.75, 3.05) is 12.5 Å². The molecule has 0 radical (unpaired) electrons. The highest BCUT2D eigenvalue weighted by molar-refractivity contribution is 8.13. The average Bonchev–Trinajstić information content (AvgIpc) is 2.93. The first-order chi connectivity index (χ1) is 12.7. The highest BCUT2D eigenvalue weighted by Crippen LogP contribution is 2.11. The minimum atomic E-state index is -1.16. The molecule has 27 heavy (non-hydrogen) atoms. The zero-order valence-corrected chi connectivity index (χ0v) is 15.7. The monoisotopic (exact) mass is 405 g/mol. The van der Waals surface area contributed by atoms with Crippen molar-refractivity contribution >= 4 is 34.9 Å². The van der Waals surface area contributed by atoms with Gasteiger partial charge in [0.25, 0.3) is 0 Å². The molecule has 1 N–H and O–H groups in total. The van der Waals surface area contributed by atoms with E-state index in [4.69, 9.17) is 4.74 Å². The Bertz CT molecular complexity index is 737. The molecule has 11 nitrogen and oxygen atoms in total. The predicted molar refractivity (Wildman–Crippen MR) is 89.6 cm³/mol. The predicted octanol–water partition coefficient (Wildman–Crippen LogP) is 0.870. The fraction of sp³-hybridized carbons (Fsp3) is 0.533. The fourth-order valence-corrected chi connectivity index (χ4v) is 2.25. The van der Waals surface area contributed by atoms with E-state index >= 15 is 0 Å². The van der Waals surface area contributed by atoms with Crippen molar-refractivity contribution < 1.29 is 42.2 Å². The Hall–Kier alpha value is -2.76. The topological polar surface area (TPSA) is 151 Å². The van der Waals surface area contributed by atoms with Gasteiger partial charge in [0.1, 0.15) is 6.04 Å². The van der Waals surface area contributed by atoms with Crippen molar-refractivity contribution in [3.63, 3.8) is 0 Å². The van der Waals surface area contributed by atoms with E-state index in [1.54, 1.807) is 6.92 Å². The second-order valence-electron chi connectivity index (χ2n) is 4.99. The number of aryl methyl sites for hydroxylation is 1. The highest BCUT2D eigenvalue weighted by Gasteiger charge is 2.24. The Morgan fingerprint density at radius 1 is 1.15 bits per heavy atom. The van der Waals surface area contributed by atoms with E-state index in [0.717, 1.165) is 0 Å². The van der Waals surface area contributed by atoms with Gasteiger partial charge in [0.2, 0.25) is 12.7 Å². The van der Waals surface area contributed by atoms with Gasteiger partial charge in [-0.3, -0.25) is 9.59 Å². The third-order valence-corrected chi connectivity index (χ3v) is 3.75. The van der Waals surface area contributed by atoms with Crippen LogP contribution in [0.25, 0.3) is 0 Å². The van der Waals surface area contributed by atoms with Crippen LogP contribution < -0.4 is 11.1 Å². The van der Waals surface area contributed by atoms with Gasteiger partial charge >= 0.3 is 23.1 Å². The Labute approximate surface area is 157 Å². The van der Waals surface area contributed by atoms with Gasteiger partial charge in [-0.05, 0) is 18.7 Å². The van der Waals surface area contributed by atoms with Crippen LogP contribution in [0, 0.1) is 6.92 Å². The van der Waals surface area contributed by atoms with Crippen LogP contribution >= 0.6 is 11.8 Å². The minimum Gasteiger partial charge on any atom is -0.456 e. The van der Waals surface area contributed by atoms with E-state index in [9.17, 15) is 24.0 Å². The molecule has 0 unspecified atom stereocenters. The molecule has 0 aliphatic carbocycles. The van der Waals surface area contributed by atoms with Crippen LogP contribution in [-0.2, 0) is 35.2 Å². The van der Waals surface area contributed by atoms with Gasteiger partial charge in [0.05, 0.1) is 0 Å². The summed E-state index contributed by atoms with van der Waals surface area (Å²) in [5.74, 6) is -2.84. The third kappa shape index (κ3) is 8.44. The largest absolute Gasteiger partial charge is 0.519 e. The lowest BCUT2D eigenvalue weighted by Gasteiger charge is -2.15. The summed E-state index contributed by atoms with van der Waals surface area (Å²) in [5, 5.41) is 1.52. The molecule has 0 aromatic carbocycles. The maximum absolute atomic E-state index is 12.1. The number of carbonyl (C=O) groups excluding carboxylic acids is 4. The first-order valence-corrected chi connectivity index (χ1v) is 8.69. The highest BCUT2D eigenvalue weighted by atomic mass is 32.2. The van der Waals surface area contributed by atoms with Crippen molar-refractivity contribution in [2.45, 2.75) is 39.8 Å². The molecule has 1 amide bonds. The summed E-state index contributed by atoms with van der Waals surface area (Å²) in [5.41, 5.74) is 0. The summed E-state index contributed by atoms with van der Waals surface area (Å²) in [6, 6.07) is -1.16. The summed E-state index contributed by atoms with van der Waals surface area (Å²) in [6.07, 6.45) is 0.136. The second kappa shape index (κ2) is 11.1. The normalized spacial score (nSPS) is 11.4. The van der Waals surface area contributed by atoms with E-state index in [1.807, 2.05) is 0 Å². The van der Waals surface area contributed by atoms with E-state index in [1.165, 1.54) is 13.8 Å². The van der Waals surface area contributed by atoms with Crippen LogP contribution in [-0.4, -0.2) is 41.7 Å². The van der Waals surface area contributed by atoms with Crippen molar-refractivity contribution in [2.24, 2.45) is 0 Å². The smallest absolute Gasteiger partial charge is 0.456 e. The molecule has 12 heteroatoms. The van der Waals surface area contributed by atoms with Crippen molar-refractivity contribution in [3.8, 4) is 0 Å². The number of rotatable bonds is 9. The molecule has 1 aromatic rings. The quantitative estimate of drug-likeness (QED) is 0.460. The number of nitrogens with one attached hydrogen (secondary N) is 1. The third-order valence-electron chi connectivity index (χ3n) is 2.90. The van der Waals surface area contributed by atoms with Gasteiger partial charge < -0.3 is 28.4 Å². The zero-order chi connectivity index (χ0) is 20.4. The molecule has 1 rings (SSSR count).